The third-order valence-electron chi connectivity index (χ3n) is 4.66. The van der Waals surface area contributed by atoms with Gasteiger partial charge in [0, 0.05) is 11.8 Å². The van der Waals surface area contributed by atoms with Crippen molar-refractivity contribution >= 4 is 11.9 Å². The van der Waals surface area contributed by atoms with Crippen LogP contribution >= 0.6 is 0 Å². The molecule has 1 aromatic heterocycles. The van der Waals surface area contributed by atoms with E-state index < -0.39 is 0 Å². The first kappa shape index (κ1) is 15.9. The Labute approximate surface area is 145 Å². The molecule has 0 unspecified atom stereocenters. The van der Waals surface area contributed by atoms with Gasteiger partial charge in [-0.2, -0.15) is 5.10 Å². The lowest BCUT2D eigenvalue weighted by atomic mass is 10.0. The van der Waals surface area contributed by atoms with Crippen molar-refractivity contribution in [3.8, 4) is 11.5 Å². The number of rotatable bonds is 6. The molecular weight excluding hydrogens is 320 g/mol. The van der Waals surface area contributed by atoms with Crippen LogP contribution < -0.4 is 4.74 Å². The summed E-state index contributed by atoms with van der Waals surface area (Å²) in [7, 11) is 0. The molecule has 1 N–H and O–H groups in total. The highest BCUT2D eigenvalue weighted by Crippen LogP contribution is 2.38. The van der Waals surface area contributed by atoms with Crippen molar-refractivity contribution in [2.45, 2.75) is 25.3 Å². The van der Waals surface area contributed by atoms with Crippen LogP contribution in [-0.2, 0) is 4.74 Å². The van der Waals surface area contributed by atoms with Crippen LogP contribution in [0, 0.1) is 0 Å². The maximum Gasteiger partial charge on any atom is 0.157 e. The zero-order valence-corrected chi connectivity index (χ0v) is 13.9. The van der Waals surface area contributed by atoms with Crippen molar-refractivity contribution in [2.24, 2.45) is 0 Å². The van der Waals surface area contributed by atoms with Crippen LogP contribution in [0.25, 0.3) is 5.57 Å². The van der Waals surface area contributed by atoms with Crippen LogP contribution in [-0.4, -0.2) is 41.0 Å². The molecule has 0 saturated heterocycles. The van der Waals surface area contributed by atoms with E-state index in [4.69, 9.17) is 9.47 Å². The minimum atomic E-state index is -0.0690. The van der Waals surface area contributed by atoms with Gasteiger partial charge < -0.3 is 14.6 Å². The van der Waals surface area contributed by atoms with Crippen LogP contribution in [0.5, 0.6) is 11.5 Å². The van der Waals surface area contributed by atoms with E-state index in [1.165, 1.54) is 18.9 Å². The molecule has 1 fully saturated rings. The number of phenols is 1. The van der Waals surface area contributed by atoms with E-state index in [2.05, 4.69) is 9.78 Å². The van der Waals surface area contributed by atoms with E-state index in [0.717, 1.165) is 23.3 Å². The average Bonchev–Trinajstić information content (AvgIpc) is 3.37. The van der Waals surface area contributed by atoms with Gasteiger partial charge in [0.15, 0.2) is 6.29 Å². The molecule has 6 heteroatoms. The lowest BCUT2D eigenvalue weighted by Crippen LogP contribution is -2.17. The number of phenolic OH excluding ortho intramolecular Hbond substituents is 1. The molecule has 4 rings (SSSR count). The summed E-state index contributed by atoms with van der Waals surface area (Å²) >= 11 is 0. The topological polar surface area (TPSA) is 73.6 Å². The molecule has 0 atom stereocenters. The Balaban J connectivity index is 1.61. The number of aromatic hydroxyl groups is 1. The van der Waals surface area contributed by atoms with Gasteiger partial charge in [0.25, 0.3) is 0 Å². The van der Waals surface area contributed by atoms with Crippen molar-refractivity contribution in [3.05, 3.63) is 47.3 Å². The van der Waals surface area contributed by atoms with Gasteiger partial charge in [-0.15, -0.1) is 0 Å². The molecule has 0 spiro atoms. The average molecular weight is 340 g/mol. The van der Waals surface area contributed by atoms with Crippen molar-refractivity contribution in [2.75, 3.05) is 19.8 Å². The summed E-state index contributed by atoms with van der Waals surface area (Å²) in [4.78, 5) is 11.2. The maximum atomic E-state index is 11.2. The third kappa shape index (κ3) is 3.17. The molecule has 1 aliphatic carbocycles. The van der Waals surface area contributed by atoms with E-state index in [9.17, 15) is 9.90 Å². The molecule has 2 aliphatic rings. The van der Waals surface area contributed by atoms with Gasteiger partial charge in [-0.1, -0.05) is 6.07 Å². The first-order valence-corrected chi connectivity index (χ1v) is 8.50. The smallest absolute Gasteiger partial charge is 0.157 e. The monoisotopic (exact) mass is 340 g/mol. The van der Waals surface area contributed by atoms with Crippen molar-refractivity contribution in [1.82, 2.24) is 9.78 Å². The predicted molar refractivity (Wildman–Crippen MR) is 91.8 cm³/mol. The zero-order valence-electron chi connectivity index (χ0n) is 13.9. The minimum absolute atomic E-state index is 0.0690. The first-order chi connectivity index (χ1) is 12.3. The molecule has 25 heavy (non-hydrogen) atoms. The van der Waals surface area contributed by atoms with Gasteiger partial charge in [-0.25, -0.2) is 0 Å². The second-order valence-electron chi connectivity index (χ2n) is 6.37. The fourth-order valence-corrected chi connectivity index (χ4v) is 3.14. The SMILES string of the molecule is O=Cc1c(O)cccc1OCC1=C(c2ccnn2C2CC2)COCC1. The summed E-state index contributed by atoms with van der Waals surface area (Å²) in [6.45, 7) is 1.55. The fourth-order valence-electron chi connectivity index (χ4n) is 3.14. The number of aromatic nitrogens is 2. The van der Waals surface area contributed by atoms with Gasteiger partial charge in [-0.05, 0) is 43.0 Å². The Bertz CT molecular complexity index is 821. The largest absolute Gasteiger partial charge is 0.507 e. The van der Waals surface area contributed by atoms with Crippen LogP contribution in [0.15, 0.2) is 36.0 Å². The summed E-state index contributed by atoms with van der Waals surface area (Å²) in [6.07, 6.45) is 5.56. The lowest BCUT2D eigenvalue weighted by molar-refractivity contribution is 0.111. The van der Waals surface area contributed by atoms with Crippen LogP contribution in [0.3, 0.4) is 0 Å². The van der Waals surface area contributed by atoms with Crippen molar-refractivity contribution < 1.29 is 19.4 Å². The number of carbonyl (C=O) groups excluding carboxylic acids is 1. The third-order valence-corrected chi connectivity index (χ3v) is 4.66. The van der Waals surface area contributed by atoms with E-state index in [1.54, 1.807) is 12.1 Å². The molecule has 6 nitrogen and oxygen atoms in total. The predicted octanol–water partition coefficient (Wildman–Crippen LogP) is 2.99. The molecular formula is C19H20N2O4. The molecule has 1 saturated carbocycles. The minimum Gasteiger partial charge on any atom is -0.507 e. The molecule has 1 aliphatic heterocycles. The zero-order chi connectivity index (χ0) is 17.2. The molecule has 1 aromatic carbocycles. The highest BCUT2D eigenvalue weighted by atomic mass is 16.5. The molecule has 2 heterocycles. The van der Waals surface area contributed by atoms with E-state index >= 15 is 0 Å². The number of benzene rings is 1. The van der Waals surface area contributed by atoms with Gasteiger partial charge in [0.05, 0.1) is 30.5 Å². The van der Waals surface area contributed by atoms with Gasteiger partial charge in [0.1, 0.15) is 18.1 Å². The summed E-state index contributed by atoms with van der Waals surface area (Å²) in [5.74, 6) is 0.324. The van der Waals surface area contributed by atoms with Gasteiger partial charge in [0.2, 0.25) is 0 Å². The highest BCUT2D eigenvalue weighted by Gasteiger charge is 2.28. The molecule has 130 valence electrons. The Kier molecular flexibility index (Phi) is 4.28. The van der Waals surface area contributed by atoms with Gasteiger partial charge >= 0.3 is 0 Å². The van der Waals surface area contributed by atoms with Crippen molar-refractivity contribution in [1.29, 1.82) is 0 Å². The first-order valence-electron chi connectivity index (χ1n) is 8.50. The number of ether oxygens (including phenoxy) is 2. The van der Waals surface area contributed by atoms with E-state index in [1.807, 2.05) is 12.3 Å². The van der Waals surface area contributed by atoms with E-state index in [-0.39, 0.29) is 11.3 Å². The maximum absolute atomic E-state index is 11.2. The Morgan fingerprint density at radius 1 is 1.36 bits per heavy atom. The normalized spacial score (nSPS) is 17.6. The standard InChI is InChI=1S/C19H20N2O4/c22-10-15-18(23)2-1-3-19(15)25-11-13-7-9-24-12-16(13)17-6-8-20-21(17)14-4-5-14/h1-3,6,8,10,14,23H,4-5,7,9,11-12H2. The summed E-state index contributed by atoms with van der Waals surface area (Å²) in [5, 5.41) is 14.2. The number of nitrogens with zero attached hydrogens (tertiary/aromatic N) is 2. The van der Waals surface area contributed by atoms with Gasteiger partial charge in [-0.3, -0.25) is 9.48 Å². The molecule has 2 aromatic rings. The second-order valence-corrected chi connectivity index (χ2v) is 6.37. The Morgan fingerprint density at radius 2 is 2.24 bits per heavy atom. The number of aldehydes is 1. The summed E-state index contributed by atoms with van der Waals surface area (Å²) in [5.41, 5.74) is 3.53. The number of hydrogen-bond donors (Lipinski definition) is 1. The summed E-state index contributed by atoms with van der Waals surface area (Å²) in [6, 6.07) is 7.35. The van der Waals surface area contributed by atoms with Crippen LogP contribution in [0.4, 0.5) is 0 Å². The Morgan fingerprint density at radius 3 is 3.04 bits per heavy atom. The van der Waals surface area contributed by atoms with Crippen molar-refractivity contribution in [3.63, 3.8) is 0 Å². The highest BCUT2D eigenvalue weighted by molar-refractivity contribution is 5.83. The fraction of sp³-hybridized carbons (Fsp3) is 0.368. The quantitative estimate of drug-likeness (QED) is 0.819. The Hall–Kier alpha value is -2.60. The summed E-state index contributed by atoms with van der Waals surface area (Å²) < 4.78 is 13.6. The number of carbonyl (C=O) groups is 1. The van der Waals surface area contributed by atoms with Crippen LogP contribution in [0.2, 0.25) is 0 Å². The molecule has 0 bridgehead atoms. The second kappa shape index (κ2) is 6.72. The number of hydrogen-bond acceptors (Lipinski definition) is 5. The lowest BCUT2D eigenvalue weighted by Gasteiger charge is -2.22. The van der Waals surface area contributed by atoms with Crippen LogP contribution in [0.1, 0.15) is 41.4 Å². The van der Waals surface area contributed by atoms with E-state index in [0.29, 0.717) is 37.9 Å². The molecule has 0 amide bonds. The molecule has 0 radical (unpaired) electrons.